The van der Waals surface area contributed by atoms with E-state index in [0.717, 1.165) is 47.6 Å². The lowest BCUT2D eigenvalue weighted by Gasteiger charge is -2.31. The number of hydrogen-bond acceptors (Lipinski definition) is 6. The molecule has 2 amide bonds. The smallest absolute Gasteiger partial charge is 0.253 e. The first-order valence-electron chi connectivity index (χ1n) is 11.8. The van der Waals surface area contributed by atoms with Crippen LogP contribution in [0.2, 0.25) is 0 Å². The summed E-state index contributed by atoms with van der Waals surface area (Å²) >= 11 is 0. The van der Waals surface area contributed by atoms with Crippen molar-refractivity contribution in [2.24, 2.45) is 5.73 Å². The van der Waals surface area contributed by atoms with Gasteiger partial charge in [-0.05, 0) is 61.2 Å². The minimum atomic E-state index is -0.0600. The lowest BCUT2D eigenvalue weighted by Crippen LogP contribution is -2.42. The molecule has 5 N–H and O–H groups in total. The minimum Gasteiger partial charge on any atom is -0.381 e. The van der Waals surface area contributed by atoms with Crippen LogP contribution in [0.25, 0.3) is 0 Å². The summed E-state index contributed by atoms with van der Waals surface area (Å²) in [6.07, 6.45) is 5.25. The molecule has 2 heterocycles. The van der Waals surface area contributed by atoms with Crippen molar-refractivity contribution in [3.63, 3.8) is 0 Å². The Morgan fingerprint density at radius 3 is 2.67 bits per heavy atom. The topological polar surface area (TPSA) is 109 Å². The molecule has 5 rings (SSSR count). The van der Waals surface area contributed by atoms with E-state index in [1.807, 2.05) is 30.3 Å². The van der Waals surface area contributed by atoms with Gasteiger partial charge < -0.3 is 31.3 Å². The van der Waals surface area contributed by atoms with E-state index in [0.29, 0.717) is 25.3 Å². The van der Waals surface area contributed by atoms with E-state index in [4.69, 9.17) is 10.5 Å². The van der Waals surface area contributed by atoms with Gasteiger partial charge in [-0.25, -0.2) is 0 Å². The Labute approximate surface area is 193 Å². The minimum absolute atomic E-state index is 0.0348. The number of carbonyl (C=O) groups is 2. The van der Waals surface area contributed by atoms with Crippen LogP contribution in [0.4, 0.5) is 22.7 Å². The summed E-state index contributed by atoms with van der Waals surface area (Å²) in [5.74, 6) is -0.0948. The fourth-order valence-electron chi connectivity index (χ4n) is 4.97. The maximum atomic E-state index is 12.7. The molecule has 1 aliphatic carbocycles. The van der Waals surface area contributed by atoms with E-state index in [-0.39, 0.29) is 30.5 Å². The lowest BCUT2D eigenvalue weighted by molar-refractivity contribution is -0.125. The van der Waals surface area contributed by atoms with Crippen molar-refractivity contribution in [1.29, 1.82) is 0 Å². The molecule has 8 heteroatoms. The van der Waals surface area contributed by atoms with Crippen LogP contribution in [0, 0.1) is 0 Å². The number of carbonyl (C=O) groups excluding carboxylic acids is 2. The van der Waals surface area contributed by atoms with Gasteiger partial charge in [-0.2, -0.15) is 0 Å². The predicted octanol–water partition coefficient (Wildman–Crippen LogP) is 2.76. The number of nitrogens with two attached hydrogens (primary N) is 1. The molecule has 2 aliphatic heterocycles. The number of rotatable bonds is 5. The molecule has 0 spiro atoms. The molecule has 2 aromatic carbocycles. The fourth-order valence-corrected chi connectivity index (χ4v) is 4.97. The van der Waals surface area contributed by atoms with Crippen molar-refractivity contribution in [3.05, 3.63) is 47.5 Å². The number of anilines is 4. The summed E-state index contributed by atoms with van der Waals surface area (Å²) < 4.78 is 5.22. The highest BCUT2D eigenvalue weighted by Crippen LogP contribution is 2.32. The molecule has 3 aliphatic rings. The van der Waals surface area contributed by atoms with Gasteiger partial charge in [-0.3, -0.25) is 9.59 Å². The summed E-state index contributed by atoms with van der Waals surface area (Å²) in [7, 11) is 0. The number of benzene rings is 2. The van der Waals surface area contributed by atoms with E-state index in [2.05, 4.69) is 22.0 Å². The standard InChI is InChI=1S/C25H31N5O3/c26-20-3-1-2-4-21(20)29-18-13-16-9-10-27-25(32)24(16)22(14-18)28-17-5-7-19(8-6-17)30-11-12-33-15-23(30)31/h5-8,13-14,20-21,28-29H,1-4,9-12,15,26H2,(H,27,32)/t20-,21+/m0/s1. The summed E-state index contributed by atoms with van der Waals surface area (Å²) in [6, 6.07) is 12.2. The second-order valence-electron chi connectivity index (χ2n) is 9.03. The molecule has 1 saturated heterocycles. The molecule has 174 valence electrons. The van der Waals surface area contributed by atoms with Crippen molar-refractivity contribution in [3.8, 4) is 0 Å². The molecule has 0 radical (unpaired) electrons. The molecule has 0 unspecified atom stereocenters. The van der Waals surface area contributed by atoms with E-state index >= 15 is 0 Å². The van der Waals surface area contributed by atoms with Gasteiger partial charge in [0.1, 0.15) is 6.61 Å². The normalized spacial score (nSPS) is 23.0. The third-order valence-electron chi connectivity index (χ3n) is 6.74. The van der Waals surface area contributed by atoms with Crippen molar-refractivity contribution >= 4 is 34.6 Å². The Hall–Kier alpha value is -3.10. The zero-order valence-electron chi connectivity index (χ0n) is 18.7. The van der Waals surface area contributed by atoms with E-state index in [1.54, 1.807) is 4.90 Å². The first-order valence-corrected chi connectivity index (χ1v) is 11.8. The predicted molar refractivity (Wildman–Crippen MR) is 129 cm³/mol. The Kier molecular flexibility index (Phi) is 6.20. The first-order chi connectivity index (χ1) is 16.1. The highest BCUT2D eigenvalue weighted by atomic mass is 16.5. The monoisotopic (exact) mass is 449 g/mol. The average Bonchev–Trinajstić information content (AvgIpc) is 2.81. The summed E-state index contributed by atoms with van der Waals surface area (Å²) in [4.78, 5) is 26.6. The van der Waals surface area contributed by atoms with Gasteiger partial charge >= 0.3 is 0 Å². The summed E-state index contributed by atoms with van der Waals surface area (Å²) in [6.45, 7) is 1.85. The van der Waals surface area contributed by atoms with Crippen LogP contribution in [0.15, 0.2) is 36.4 Å². The van der Waals surface area contributed by atoms with Gasteiger partial charge in [0.15, 0.2) is 0 Å². The van der Waals surface area contributed by atoms with Crippen molar-refractivity contribution in [2.45, 2.75) is 44.2 Å². The Bertz CT molecular complexity index is 1040. The number of amides is 2. The number of morpholine rings is 1. The van der Waals surface area contributed by atoms with E-state index in [9.17, 15) is 9.59 Å². The quantitative estimate of drug-likeness (QED) is 0.559. The molecular weight excluding hydrogens is 418 g/mol. The van der Waals surface area contributed by atoms with Crippen molar-refractivity contribution < 1.29 is 14.3 Å². The highest BCUT2D eigenvalue weighted by Gasteiger charge is 2.25. The Morgan fingerprint density at radius 1 is 1.06 bits per heavy atom. The Balaban J connectivity index is 1.40. The summed E-state index contributed by atoms with van der Waals surface area (Å²) in [5.41, 5.74) is 11.5. The molecule has 1 saturated carbocycles. The largest absolute Gasteiger partial charge is 0.381 e. The molecule has 2 fully saturated rings. The third-order valence-corrected chi connectivity index (χ3v) is 6.74. The third kappa shape index (κ3) is 4.67. The van der Waals surface area contributed by atoms with Crippen LogP contribution < -0.4 is 26.6 Å². The number of fused-ring (bicyclic) bond motifs is 1. The second kappa shape index (κ2) is 9.41. The van der Waals surface area contributed by atoms with Crippen molar-refractivity contribution in [2.75, 3.05) is 41.8 Å². The number of nitrogens with one attached hydrogen (secondary N) is 3. The average molecular weight is 450 g/mol. The van der Waals surface area contributed by atoms with Gasteiger partial charge in [0, 0.05) is 42.2 Å². The maximum absolute atomic E-state index is 12.7. The molecule has 2 atom stereocenters. The van der Waals surface area contributed by atoms with Gasteiger partial charge in [0.05, 0.1) is 17.9 Å². The number of ether oxygens (including phenoxy) is 1. The Morgan fingerprint density at radius 2 is 1.88 bits per heavy atom. The molecule has 0 bridgehead atoms. The van der Waals surface area contributed by atoms with Crippen LogP contribution >= 0.6 is 0 Å². The molecule has 2 aromatic rings. The van der Waals surface area contributed by atoms with Gasteiger partial charge in [-0.15, -0.1) is 0 Å². The zero-order valence-corrected chi connectivity index (χ0v) is 18.7. The maximum Gasteiger partial charge on any atom is 0.253 e. The lowest BCUT2D eigenvalue weighted by atomic mass is 9.90. The highest BCUT2D eigenvalue weighted by molar-refractivity contribution is 6.03. The number of nitrogens with zero attached hydrogens (tertiary/aromatic N) is 1. The zero-order chi connectivity index (χ0) is 22.8. The SMILES string of the molecule is N[C@H]1CCCC[C@H]1Nc1cc2c(c(Nc3ccc(N4CCOCC4=O)cc3)c1)C(=O)NCC2. The molecule has 33 heavy (non-hydrogen) atoms. The fraction of sp³-hybridized carbons (Fsp3) is 0.440. The van der Waals surface area contributed by atoms with Crippen LogP contribution in [0.3, 0.4) is 0 Å². The molecule has 8 nitrogen and oxygen atoms in total. The van der Waals surface area contributed by atoms with Gasteiger partial charge in [0.25, 0.3) is 11.8 Å². The van der Waals surface area contributed by atoms with Crippen LogP contribution in [-0.2, 0) is 16.0 Å². The molecular formula is C25H31N5O3. The van der Waals surface area contributed by atoms with Crippen LogP contribution in [0.5, 0.6) is 0 Å². The van der Waals surface area contributed by atoms with Crippen LogP contribution in [0.1, 0.15) is 41.6 Å². The van der Waals surface area contributed by atoms with Crippen molar-refractivity contribution in [1.82, 2.24) is 5.32 Å². The first kappa shape index (κ1) is 21.7. The van der Waals surface area contributed by atoms with Gasteiger partial charge in [-0.1, -0.05) is 12.8 Å². The second-order valence-corrected chi connectivity index (χ2v) is 9.03. The summed E-state index contributed by atoms with van der Waals surface area (Å²) in [5, 5.41) is 10.0. The van der Waals surface area contributed by atoms with Crippen LogP contribution in [-0.4, -0.2) is 50.2 Å². The van der Waals surface area contributed by atoms with Gasteiger partial charge in [0.2, 0.25) is 0 Å². The van der Waals surface area contributed by atoms with E-state index in [1.165, 1.54) is 12.8 Å². The molecule has 0 aromatic heterocycles. The van der Waals surface area contributed by atoms with E-state index < -0.39 is 0 Å². The number of hydrogen-bond donors (Lipinski definition) is 4.